The maximum atomic E-state index is 13.7. The zero-order valence-electron chi connectivity index (χ0n) is 23.9. The normalized spacial score (nSPS) is 31.5. The fourth-order valence-corrected chi connectivity index (χ4v) is 5.37. The smallest absolute Gasteiger partial charge is 0.446 e. The minimum absolute atomic E-state index is 0.262. The minimum atomic E-state index is -5.15. The maximum absolute atomic E-state index is 13.7. The lowest BCUT2D eigenvalue weighted by Gasteiger charge is -2.42. The summed E-state index contributed by atoms with van der Waals surface area (Å²) in [6.45, 7) is 0.722. The standard InChI is InChI=1S/C27H30O19S/c1-8-17(31)20(34)22(36)26(42-8)41-7-15-18(32)21(35)23(37)27(44-15)45-25-19(33)16-12(30)5-10(28)6-14(16)43-24(25)9-2-3-11(29)13(4-9)46-47(38,39)40/h2-6,8,15,17-18,20-23,26-32,34-37H,7H2,1H3,(H,38,39,40). The van der Waals surface area contributed by atoms with Crippen molar-refractivity contribution in [3.63, 3.8) is 0 Å². The van der Waals surface area contributed by atoms with Gasteiger partial charge in [0.15, 0.2) is 23.5 Å². The highest BCUT2D eigenvalue weighted by molar-refractivity contribution is 7.81. The second-order valence-electron chi connectivity index (χ2n) is 10.8. The quantitative estimate of drug-likeness (QED) is 0.112. The molecule has 10 unspecified atom stereocenters. The highest BCUT2D eigenvalue weighted by Crippen LogP contribution is 2.40. The highest BCUT2D eigenvalue weighted by atomic mass is 32.3. The van der Waals surface area contributed by atoms with Crippen LogP contribution in [0.3, 0.4) is 0 Å². The number of aliphatic hydroxyl groups excluding tert-OH is 6. The van der Waals surface area contributed by atoms with Crippen LogP contribution >= 0.6 is 0 Å². The molecule has 1 aromatic heterocycles. The summed E-state index contributed by atoms with van der Waals surface area (Å²) >= 11 is 0. The lowest BCUT2D eigenvalue weighted by molar-refractivity contribution is -0.318. The highest BCUT2D eigenvalue weighted by Gasteiger charge is 2.48. The zero-order valence-corrected chi connectivity index (χ0v) is 24.7. The molecule has 3 aromatic rings. The first-order valence-corrected chi connectivity index (χ1v) is 15.0. The molecule has 2 aliphatic rings. The monoisotopic (exact) mass is 690 g/mol. The van der Waals surface area contributed by atoms with Gasteiger partial charge in [0.05, 0.1) is 12.7 Å². The van der Waals surface area contributed by atoms with Crippen molar-refractivity contribution >= 4 is 21.4 Å². The number of phenolic OH excluding ortho intramolecular Hbond substituents is 3. The largest absolute Gasteiger partial charge is 0.508 e. The molecule has 0 bridgehead atoms. The fraction of sp³-hybridized carbons (Fsp3) is 0.444. The molecule has 2 fully saturated rings. The molecule has 2 aliphatic heterocycles. The first-order valence-electron chi connectivity index (χ1n) is 13.7. The van der Waals surface area contributed by atoms with Crippen LogP contribution in [0.1, 0.15) is 6.92 Å². The van der Waals surface area contributed by atoms with Gasteiger partial charge in [-0.1, -0.05) is 0 Å². The molecule has 0 spiro atoms. The number of ether oxygens (including phenoxy) is 4. The number of aromatic hydroxyl groups is 3. The van der Waals surface area contributed by atoms with Crippen molar-refractivity contribution in [2.45, 2.75) is 68.3 Å². The second kappa shape index (κ2) is 13.0. The van der Waals surface area contributed by atoms with E-state index in [1.807, 2.05) is 0 Å². The van der Waals surface area contributed by atoms with Crippen molar-refractivity contribution in [3.05, 3.63) is 40.6 Å². The Bertz CT molecular complexity index is 1790. The summed E-state index contributed by atoms with van der Waals surface area (Å²) in [6, 6.07) is 4.53. The number of rotatable bonds is 8. The lowest BCUT2D eigenvalue weighted by Crippen LogP contribution is -2.61. The molecule has 2 saturated heterocycles. The van der Waals surface area contributed by atoms with Crippen molar-refractivity contribution in [1.29, 1.82) is 0 Å². The zero-order chi connectivity index (χ0) is 34.5. The third-order valence-electron chi connectivity index (χ3n) is 7.47. The molecule has 0 saturated carbocycles. The maximum Gasteiger partial charge on any atom is 0.446 e. The molecular weight excluding hydrogens is 660 g/mol. The van der Waals surface area contributed by atoms with Gasteiger partial charge in [0.2, 0.25) is 17.5 Å². The molecule has 0 aliphatic carbocycles. The molecule has 47 heavy (non-hydrogen) atoms. The molecule has 0 amide bonds. The van der Waals surface area contributed by atoms with Gasteiger partial charge in [-0.15, -0.1) is 0 Å². The summed E-state index contributed by atoms with van der Waals surface area (Å²) in [4.78, 5) is 13.7. The first-order chi connectivity index (χ1) is 22.0. The van der Waals surface area contributed by atoms with Gasteiger partial charge >= 0.3 is 10.4 Å². The number of benzene rings is 2. The molecule has 19 nitrogen and oxygen atoms in total. The SMILES string of the molecule is CC1OC(OCC2OC(Oc3c(-c4ccc(O)c(OS(=O)(=O)O)c4)oc4cc(O)cc(O)c4c3=O)C(O)C(O)C2O)C(O)C(O)C1O. The Morgan fingerprint density at radius 3 is 2.15 bits per heavy atom. The summed E-state index contributed by atoms with van der Waals surface area (Å²) < 4.78 is 63.7. The van der Waals surface area contributed by atoms with E-state index in [2.05, 4.69) is 4.18 Å². The van der Waals surface area contributed by atoms with Gasteiger partial charge in [0.1, 0.15) is 65.2 Å². The van der Waals surface area contributed by atoms with Crippen LogP contribution < -0.4 is 14.3 Å². The van der Waals surface area contributed by atoms with Crippen LogP contribution in [-0.2, 0) is 24.6 Å². The Kier molecular flexibility index (Phi) is 9.56. The molecule has 10 N–H and O–H groups in total. The van der Waals surface area contributed by atoms with Gasteiger partial charge in [-0.05, 0) is 25.1 Å². The third kappa shape index (κ3) is 6.93. The van der Waals surface area contributed by atoms with Gasteiger partial charge in [-0.2, -0.15) is 8.42 Å². The van der Waals surface area contributed by atoms with Gasteiger partial charge < -0.3 is 73.5 Å². The summed E-state index contributed by atoms with van der Waals surface area (Å²) in [5, 5.41) is 91.9. The minimum Gasteiger partial charge on any atom is -0.508 e. The molecule has 2 aromatic carbocycles. The Morgan fingerprint density at radius 2 is 1.47 bits per heavy atom. The average Bonchev–Trinajstić information content (AvgIpc) is 2.99. The molecule has 5 rings (SSSR count). The summed E-state index contributed by atoms with van der Waals surface area (Å²) in [5.74, 6) is -4.34. The first kappa shape index (κ1) is 34.5. The van der Waals surface area contributed by atoms with Crippen LogP contribution in [0, 0.1) is 0 Å². The number of hydrogen-bond donors (Lipinski definition) is 10. The summed E-state index contributed by atoms with van der Waals surface area (Å²) in [6.07, 6.45) is -16.8. The number of fused-ring (bicyclic) bond motifs is 1. The van der Waals surface area contributed by atoms with E-state index < -0.39 is 129 Å². The van der Waals surface area contributed by atoms with E-state index in [1.165, 1.54) is 6.92 Å². The van der Waals surface area contributed by atoms with Crippen molar-refractivity contribution in [3.8, 4) is 40.1 Å². The van der Waals surface area contributed by atoms with Crippen LogP contribution in [0.15, 0.2) is 39.5 Å². The van der Waals surface area contributed by atoms with Crippen LogP contribution in [0.25, 0.3) is 22.3 Å². The Labute approximate surface area is 263 Å². The number of hydrogen-bond acceptors (Lipinski definition) is 18. The fourth-order valence-electron chi connectivity index (χ4n) is 5.01. The molecule has 10 atom stereocenters. The number of aliphatic hydroxyl groups is 6. The van der Waals surface area contributed by atoms with E-state index in [4.69, 9.17) is 27.9 Å². The summed E-state index contributed by atoms with van der Waals surface area (Å²) in [7, 11) is -5.15. The van der Waals surface area contributed by atoms with E-state index in [-0.39, 0.29) is 5.56 Å². The molecule has 20 heteroatoms. The Hall–Kier alpha value is -3.80. The van der Waals surface area contributed by atoms with E-state index in [0.29, 0.717) is 0 Å². The predicted molar refractivity (Wildman–Crippen MR) is 151 cm³/mol. The van der Waals surface area contributed by atoms with Crippen LogP contribution in [0.4, 0.5) is 0 Å². The van der Waals surface area contributed by atoms with Crippen molar-refractivity contribution < 1.29 is 86.5 Å². The Morgan fingerprint density at radius 1 is 0.809 bits per heavy atom. The molecule has 0 radical (unpaired) electrons. The average molecular weight is 691 g/mol. The topological polar surface area (TPSA) is 313 Å². The van der Waals surface area contributed by atoms with E-state index in [1.54, 1.807) is 0 Å². The van der Waals surface area contributed by atoms with E-state index in [0.717, 1.165) is 30.3 Å². The van der Waals surface area contributed by atoms with Gasteiger partial charge in [0.25, 0.3) is 0 Å². The van der Waals surface area contributed by atoms with Gasteiger partial charge in [-0.3, -0.25) is 9.35 Å². The van der Waals surface area contributed by atoms with Crippen LogP contribution in [0.5, 0.6) is 28.7 Å². The van der Waals surface area contributed by atoms with Gasteiger partial charge in [0, 0.05) is 17.7 Å². The van der Waals surface area contributed by atoms with Crippen molar-refractivity contribution in [1.82, 2.24) is 0 Å². The van der Waals surface area contributed by atoms with Crippen LogP contribution in [-0.4, -0.2) is 127 Å². The molecule has 258 valence electrons. The lowest BCUT2D eigenvalue weighted by atomic mass is 9.98. The molecular formula is C27H30O19S. The third-order valence-corrected chi connectivity index (χ3v) is 7.86. The van der Waals surface area contributed by atoms with Crippen molar-refractivity contribution in [2.24, 2.45) is 0 Å². The molecule has 3 heterocycles. The predicted octanol–water partition coefficient (Wildman–Crippen LogP) is -2.21. The summed E-state index contributed by atoms with van der Waals surface area (Å²) in [5.41, 5.74) is -1.82. The Balaban J connectivity index is 1.52. The van der Waals surface area contributed by atoms with E-state index >= 15 is 0 Å². The van der Waals surface area contributed by atoms with Gasteiger partial charge in [-0.25, -0.2) is 0 Å². The van der Waals surface area contributed by atoms with Crippen molar-refractivity contribution in [2.75, 3.05) is 6.61 Å². The van der Waals surface area contributed by atoms with Crippen LogP contribution in [0.2, 0.25) is 0 Å². The number of phenols is 3. The van der Waals surface area contributed by atoms with E-state index in [9.17, 15) is 59.2 Å². The second-order valence-corrected chi connectivity index (χ2v) is 11.8.